The Hall–Kier alpha value is -2.67. The molecule has 1 aliphatic carbocycles. The second kappa shape index (κ2) is 7.92. The molecule has 1 aromatic heterocycles. The number of hydrogen-bond donors (Lipinski definition) is 2. The van der Waals surface area contributed by atoms with E-state index in [1.165, 1.54) is 18.4 Å². The fraction of sp³-hybridized carbons (Fsp3) is 0.350. The molecule has 3 rings (SSSR count). The van der Waals surface area contributed by atoms with Gasteiger partial charge in [-0.1, -0.05) is 17.7 Å². The Morgan fingerprint density at radius 3 is 2.52 bits per heavy atom. The number of fused-ring (bicyclic) bond motifs is 1. The summed E-state index contributed by atoms with van der Waals surface area (Å²) >= 11 is 1.41. The minimum absolute atomic E-state index is 0.266. The zero-order chi connectivity index (χ0) is 19.6. The third-order valence-corrected chi connectivity index (χ3v) is 5.86. The van der Waals surface area contributed by atoms with E-state index in [0.29, 0.717) is 16.1 Å². The molecule has 27 heavy (non-hydrogen) atoms. The van der Waals surface area contributed by atoms with Crippen molar-refractivity contribution < 1.29 is 19.1 Å². The largest absolute Gasteiger partial charge is 0.453 e. The third-order valence-electron chi connectivity index (χ3n) is 4.65. The third kappa shape index (κ3) is 4.03. The number of benzene rings is 1. The van der Waals surface area contributed by atoms with Crippen LogP contribution in [0.2, 0.25) is 0 Å². The summed E-state index contributed by atoms with van der Waals surface area (Å²) in [5, 5.41) is 5.57. The summed E-state index contributed by atoms with van der Waals surface area (Å²) in [7, 11) is 1.20. The molecule has 0 fully saturated rings. The fourth-order valence-electron chi connectivity index (χ4n) is 3.34. The first kappa shape index (κ1) is 19.1. The SMILES string of the molecule is COC(=O)NC(=O)c1c(NC(=O)c2ccc(C)cc2C)sc2c1CCCC2. The van der Waals surface area contributed by atoms with Crippen molar-refractivity contribution in [3.63, 3.8) is 0 Å². The summed E-state index contributed by atoms with van der Waals surface area (Å²) in [4.78, 5) is 38.0. The van der Waals surface area contributed by atoms with E-state index in [1.807, 2.05) is 26.0 Å². The van der Waals surface area contributed by atoms with Gasteiger partial charge in [0, 0.05) is 10.4 Å². The Morgan fingerprint density at radius 1 is 1.07 bits per heavy atom. The van der Waals surface area contributed by atoms with Gasteiger partial charge in [0.1, 0.15) is 5.00 Å². The molecule has 1 aromatic carbocycles. The summed E-state index contributed by atoms with van der Waals surface area (Å²) in [6, 6.07) is 5.60. The van der Waals surface area contributed by atoms with Gasteiger partial charge in [-0.25, -0.2) is 4.79 Å². The van der Waals surface area contributed by atoms with Crippen molar-refractivity contribution in [3.8, 4) is 0 Å². The number of methoxy groups -OCH3 is 1. The number of nitrogens with one attached hydrogen (secondary N) is 2. The summed E-state index contributed by atoms with van der Waals surface area (Å²) < 4.78 is 4.53. The van der Waals surface area contributed by atoms with Crippen molar-refractivity contribution in [2.75, 3.05) is 12.4 Å². The average molecular weight is 386 g/mol. The first-order chi connectivity index (χ1) is 12.9. The van der Waals surface area contributed by atoms with Crippen molar-refractivity contribution in [2.45, 2.75) is 39.5 Å². The number of rotatable bonds is 3. The lowest BCUT2D eigenvalue weighted by atomic mass is 9.95. The lowest BCUT2D eigenvalue weighted by molar-refractivity contribution is 0.0937. The van der Waals surface area contributed by atoms with Crippen LogP contribution in [0.3, 0.4) is 0 Å². The highest BCUT2D eigenvalue weighted by atomic mass is 32.1. The smallest absolute Gasteiger partial charge is 0.413 e. The second-order valence-corrected chi connectivity index (χ2v) is 7.74. The Balaban J connectivity index is 1.94. The van der Waals surface area contributed by atoms with Crippen molar-refractivity contribution in [1.29, 1.82) is 0 Å². The standard InChI is InChI=1S/C20H22N2O4S/c1-11-8-9-13(12(2)10-11)17(23)21-19-16(18(24)22-20(25)26-3)14-6-4-5-7-15(14)27-19/h8-10H,4-7H2,1-3H3,(H,21,23)(H,22,24,25). The zero-order valence-electron chi connectivity index (χ0n) is 15.6. The second-order valence-electron chi connectivity index (χ2n) is 6.63. The first-order valence-corrected chi connectivity index (χ1v) is 9.64. The summed E-state index contributed by atoms with van der Waals surface area (Å²) in [5.41, 5.74) is 3.80. The molecule has 3 amide bonds. The van der Waals surface area contributed by atoms with E-state index in [1.54, 1.807) is 6.07 Å². The van der Waals surface area contributed by atoms with E-state index < -0.39 is 12.0 Å². The van der Waals surface area contributed by atoms with Gasteiger partial charge in [0.05, 0.1) is 12.7 Å². The summed E-state index contributed by atoms with van der Waals surface area (Å²) in [6.45, 7) is 3.85. The Labute approximate surface area is 161 Å². The van der Waals surface area contributed by atoms with Crippen LogP contribution >= 0.6 is 11.3 Å². The molecular formula is C20H22N2O4S. The predicted molar refractivity (Wildman–Crippen MR) is 105 cm³/mol. The molecule has 0 radical (unpaired) electrons. The molecule has 1 aliphatic rings. The van der Waals surface area contributed by atoms with E-state index in [-0.39, 0.29) is 5.91 Å². The first-order valence-electron chi connectivity index (χ1n) is 8.83. The van der Waals surface area contributed by atoms with Gasteiger partial charge < -0.3 is 10.1 Å². The molecule has 7 heteroatoms. The molecule has 6 nitrogen and oxygen atoms in total. The highest BCUT2D eigenvalue weighted by Gasteiger charge is 2.27. The van der Waals surface area contributed by atoms with Crippen LogP contribution in [0, 0.1) is 13.8 Å². The van der Waals surface area contributed by atoms with Gasteiger partial charge in [0.2, 0.25) is 0 Å². The maximum Gasteiger partial charge on any atom is 0.413 e. The lowest BCUT2D eigenvalue weighted by Crippen LogP contribution is -2.31. The maximum atomic E-state index is 12.8. The van der Waals surface area contributed by atoms with Crippen LogP contribution in [0.25, 0.3) is 0 Å². The Bertz CT molecular complexity index is 917. The number of thiophene rings is 1. The van der Waals surface area contributed by atoms with Gasteiger partial charge in [-0.3, -0.25) is 14.9 Å². The highest BCUT2D eigenvalue weighted by molar-refractivity contribution is 7.17. The summed E-state index contributed by atoms with van der Waals surface area (Å²) in [6.07, 6.45) is 2.85. The normalized spacial score (nSPS) is 12.9. The van der Waals surface area contributed by atoms with Gasteiger partial charge in [-0.15, -0.1) is 11.3 Å². The van der Waals surface area contributed by atoms with Crippen LogP contribution in [0.4, 0.5) is 9.80 Å². The monoisotopic (exact) mass is 386 g/mol. The topological polar surface area (TPSA) is 84.5 Å². The number of carbonyl (C=O) groups is 3. The van der Waals surface area contributed by atoms with E-state index in [2.05, 4.69) is 15.4 Å². The lowest BCUT2D eigenvalue weighted by Gasteiger charge is -2.13. The average Bonchev–Trinajstić information content (AvgIpc) is 2.99. The number of carbonyl (C=O) groups excluding carboxylic acids is 3. The van der Waals surface area contributed by atoms with Crippen molar-refractivity contribution in [1.82, 2.24) is 5.32 Å². The van der Waals surface area contributed by atoms with Gasteiger partial charge in [-0.05, 0) is 56.7 Å². The van der Waals surface area contributed by atoms with Crippen LogP contribution < -0.4 is 10.6 Å². The number of anilines is 1. The summed E-state index contributed by atoms with van der Waals surface area (Å²) in [5.74, 6) is -0.810. The fourth-order valence-corrected chi connectivity index (χ4v) is 4.62. The molecule has 0 saturated carbocycles. The van der Waals surface area contributed by atoms with Crippen LogP contribution in [0.5, 0.6) is 0 Å². The van der Waals surface area contributed by atoms with Crippen LogP contribution in [-0.2, 0) is 17.6 Å². The van der Waals surface area contributed by atoms with Gasteiger partial charge in [-0.2, -0.15) is 0 Å². The molecule has 2 N–H and O–H groups in total. The molecular weight excluding hydrogens is 364 g/mol. The molecule has 1 heterocycles. The number of ether oxygens (including phenoxy) is 1. The molecule has 0 aliphatic heterocycles. The maximum absolute atomic E-state index is 12.8. The highest BCUT2D eigenvalue weighted by Crippen LogP contribution is 2.38. The van der Waals surface area contributed by atoms with Crippen molar-refractivity contribution in [3.05, 3.63) is 50.9 Å². The number of alkyl carbamates (subject to hydrolysis) is 1. The molecule has 142 valence electrons. The Morgan fingerprint density at radius 2 is 1.81 bits per heavy atom. The van der Waals surface area contributed by atoms with E-state index in [4.69, 9.17) is 0 Å². The number of imide groups is 1. The van der Waals surface area contributed by atoms with Crippen LogP contribution in [0.1, 0.15) is 55.1 Å². The predicted octanol–water partition coefficient (Wildman–Crippen LogP) is 3.99. The molecule has 2 aromatic rings. The molecule has 0 atom stereocenters. The molecule has 0 spiro atoms. The minimum Gasteiger partial charge on any atom is -0.453 e. The Kier molecular flexibility index (Phi) is 5.60. The van der Waals surface area contributed by atoms with Crippen LogP contribution in [0.15, 0.2) is 18.2 Å². The molecule has 0 saturated heterocycles. The molecule has 0 unspecified atom stereocenters. The van der Waals surface area contributed by atoms with E-state index in [9.17, 15) is 14.4 Å². The minimum atomic E-state index is -0.817. The zero-order valence-corrected chi connectivity index (χ0v) is 16.4. The van der Waals surface area contributed by atoms with Crippen molar-refractivity contribution >= 4 is 34.2 Å². The number of amides is 3. The van der Waals surface area contributed by atoms with Gasteiger partial charge in [0.25, 0.3) is 11.8 Å². The van der Waals surface area contributed by atoms with Crippen LogP contribution in [-0.4, -0.2) is 25.0 Å². The van der Waals surface area contributed by atoms with E-state index >= 15 is 0 Å². The van der Waals surface area contributed by atoms with E-state index in [0.717, 1.165) is 47.3 Å². The van der Waals surface area contributed by atoms with Gasteiger partial charge >= 0.3 is 6.09 Å². The van der Waals surface area contributed by atoms with Crippen molar-refractivity contribution in [2.24, 2.45) is 0 Å². The van der Waals surface area contributed by atoms with Gasteiger partial charge in [0.15, 0.2) is 0 Å². The molecule has 0 bridgehead atoms. The number of aryl methyl sites for hydroxylation is 3. The number of hydrogen-bond acceptors (Lipinski definition) is 5. The quantitative estimate of drug-likeness (QED) is 0.835.